The molecule has 1 fully saturated rings. The Balaban J connectivity index is 2.63. The highest BCUT2D eigenvalue weighted by molar-refractivity contribution is 7.86. The minimum absolute atomic E-state index is 0.374. The van der Waals surface area contributed by atoms with Crippen LogP contribution in [-0.4, -0.2) is 25.9 Å². The first kappa shape index (κ1) is 6.90. The van der Waals surface area contributed by atoms with Gasteiger partial charge in [0.05, 0.1) is 0 Å². The largest absolute Gasteiger partial charge is 0.290 e. The van der Waals surface area contributed by atoms with Crippen molar-refractivity contribution >= 4 is 10.2 Å². The molecule has 0 saturated carbocycles. The summed E-state index contributed by atoms with van der Waals surface area (Å²) in [6.07, 6.45) is 0. The highest BCUT2D eigenvalue weighted by Gasteiger charge is 2.19. The topological polar surface area (TPSA) is 87.5 Å². The highest BCUT2D eigenvalue weighted by Crippen LogP contribution is 1.89. The molecule has 0 radical (unpaired) electrons. The van der Waals surface area contributed by atoms with Crippen molar-refractivity contribution in [2.24, 2.45) is 5.14 Å². The molecule has 7 heteroatoms. The maximum absolute atomic E-state index is 10.4. The van der Waals surface area contributed by atoms with Crippen LogP contribution in [0.25, 0.3) is 0 Å². The summed E-state index contributed by atoms with van der Waals surface area (Å²) >= 11 is 0. The average Bonchev–Trinajstić information content (AvgIpc) is 2.08. The predicted octanol–water partition coefficient (Wildman–Crippen LogP) is -2.49. The van der Waals surface area contributed by atoms with E-state index in [-0.39, 0.29) is 0 Å². The molecule has 0 aliphatic carbocycles. The Kier molecular flexibility index (Phi) is 1.68. The quantitative estimate of drug-likeness (QED) is 0.388. The van der Waals surface area contributed by atoms with E-state index < -0.39 is 10.2 Å². The fourth-order valence-electron chi connectivity index (χ4n) is 0.548. The van der Waals surface area contributed by atoms with Gasteiger partial charge in [-0.05, 0) is 0 Å². The number of rotatable bonds is 1. The Labute approximate surface area is 53.1 Å². The van der Waals surface area contributed by atoms with Gasteiger partial charge in [-0.1, -0.05) is 0 Å². The standard InChI is InChI=1S/C2H8N4O2S/c3-9(7,8)6-2-1-4-5-6/h4-5H,1-2H2,(H2,3,7,8). The van der Waals surface area contributed by atoms with Crippen LogP contribution in [0.4, 0.5) is 0 Å². The van der Waals surface area contributed by atoms with Crippen LogP contribution in [0, 0.1) is 0 Å². The molecule has 0 aromatic rings. The smallest absolute Gasteiger partial charge is 0.242 e. The Bertz CT molecular complexity index is 181. The lowest BCUT2D eigenvalue weighted by atomic mass is 10.7. The van der Waals surface area contributed by atoms with Crippen molar-refractivity contribution in [1.29, 1.82) is 0 Å². The molecule has 54 valence electrons. The molecule has 0 bridgehead atoms. The summed E-state index contributed by atoms with van der Waals surface area (Å²) in [7, 11) is -3.54. The molecule has 0 atom stereocenters. The lowest BCUT2D eigenvalue weighted by Gasteiger charge is -2.08. The summed E-state index contributed by atoms with van der Waals surface area (Å²) in [6, 6.07) is 0. The molecule has 6 nitrogen and oxygen atoms in total. The number of hydrogen-bond acceptors (Lipinski definition) is 4. The van der Waals surface area contributed by atoms with Crippen LogP contribution in [0.3, 0.4) is 0 Å². The van der Waals surface area contributed by atoms with Gasteiger partial charge in [0.25, 0.3) is 10.2 Å². The summed E-state index contributed by atoms with van der Waals surface area (Å²) in [4.78, 5) is 0. The van der Waals surface area contributed by atoms with Gasteiger partial charge >= 0.3 is 0 Å². The summed E-state index contributed by atoms with van der Waals surface area (Å²) in [5.41, 5.74) is 4.96. The van der Waals surface area contributed by atoms with Crippen LogP contribution in [0.15, 0.2) is 0 Å². The molecule has 0 unspecified atom stereocenters. The van der Waals surface area contributed by atoms with E-state index in [1.807, 2.05) is 0 Å². The first-order valence-electron chi connectivity index (χ1n) is 2.39. The summed E-state index contributed by atoms with van der Waals surface area (Å²) < 4.78 is 21.8. The molecule has 1 aliphatic heterocycles. The van der Waals surface area contributed by atoms with Gasteiger partial charge in [-0.2, -0.15) is 14.0 Å². The van der Waals surface area contributed by atoms with Crippen molar-refractivity contribution in [3.8, 4) is 0 Å². The average molecular weight is 152 g/mol. The summed E-state index contributed by atoms with van der Waals surface area (Å²) in [5, 5.41) is 4.74. The van der Waals surface area contributed by atoms with Gasteiger partial charge < -0.3 is 0 Å². The Morgan fingerprint density at radius 3 is 2.44 bits per heavy atom. The molecule has 0 amide bonds. The second-order valence-corrected chi connectivity index (χ2v) is 3.13. The van der Waals surface area contributed by atoms with Gasteiger partial charge in [-0.3, -0.25) is 0 Å². The van der Waals surface area contributed by atoms with E-state index in [9.17, 15) is 8.42 Å². The van der Waals surface area contributed by atoms with Crippen LogP contribution in [-0.2, 0) is 10.2 Å². The van der Waals surface area contributed by atoms with Crippen molar-refractivity contribution in [1.82, 2.24) is 15.4 Å². The van der Waals surface area contributed by atoms with Gasteiger partial charge in [-0.15, -0.1) is 4.41 Å². The van der Waals surface area contributed by atoms with Gasteiger partial charge in [0.2, 0.25) is 0 Å². The molecule has 1 saturated heterocycles. The molecular weight excluding hydrogens is 144 g/mol. The van der Waals surface area contributed by atoms with Gasteiger partial charge in [0.1, 0.15) is 0 Å². The van der Waals surface area contributed by atoms with E-state index in [0.717, 1.165) is 4.41 Å². The summed E-state index contributed by atoms with van der Waals surface area (Å²) in [6.45, 7) is 0.954. The number of nitrogens with one attached hydrogen (secondary N) is 2. The molecule has 1 aliphatic rings. The zero-order chi connectivity index (χ0) is 6.91. The Hall–Kier alpha value is -0.210. The maximum Gasteiger partial charge on any atom is 0.290 e. The van der Waals surface area contributed by atoms with Gasteiger partial charge in [0.15, 0.2) is 0 Å². The zero-order valence-electron chi connectivity index (χ0n) is 4.66. The van der Waals surface area contributed by atoms with Crippen molar-refractivity contribution in [2.75, 3.05) is 13.1 Å². The minimum atomic E-state index is -3.54. The van der Waals surface area contributed by atoms with Crippen LogP contribution in [0.2, 0.25) is 0 Å². The fraction of sp³-hybridized carbons (Fsp3) is 1.00. The highest BCUT2D eigenvalue weighted by atomic mass is 32.2. The van der Waals surface area contributed by atoms with E-state index in [1.165, 1.54) is 0 Å². The third kappa shape index (κ3) is 1.60. The van der Waals surface area contributed by atoms with Gasteiger partial charge in [-0.25, -0.2) is 10.6 Å². The van der Waals surface area contributed by atoms with Crippen LogP contribution < -0.4 is 16.1 Å². The van der Waals surface area contributed by atoms with E-state index >= 15 is 0 Å². The number of nitrogens with zero attached hydrogens (tertiary/aromatic N) is 1. The Morgan fingerprint density at radius 1 is 1.56 bits per heavy atom. The van der Waals surface area contributed by atoms with Crippen LogP contribution >= 0.6 is 0 Å². The number of hydrazine groups is 2. The van der Waals surface area contributed by atoms with E-state index in [1.54, 1.807) is 0 Å². The molecule has 0 aromatic carbocycles. The summed E-state index contributed by atoms with van der Waals surface area (Å²) in [5.74, 6) is 0. The van der Waals surface area contributed by atoms with Crippen molar-refractivity contribution < 1.29 is 8.42 Å². The van der Waals surface area contributed by atoms with Crippen LogP contribution in [0.1, 0.15) is 0 Å². The fourth-order valence-corrected chi connectivity index (χ4v) is 1.09. The SMILES string of the molecule is NS(=O)(=O)N1CCNN1. The van der Waals surface area contributed by atoms with E-state index in [4.69, 9.17) is 5.14 Å². The zero-order valence-corrected chi connectivity index (χ0v) is 5.48. The molecule has 0 aromatic heterocycles. The monoisotopic (exact) mass is 152 g/mol. The van der Waals surface area contributed by atoms with Crippen molar-refractivity contribution in [3.05, 3.63) is 0 Å². The minimum Gasteiger partial charge on any atom is -0.242 e. The molecule has 9 heavy (non-hydrogen) atoms. The molecule has 4 N–H and O–H groups in total. The first-order valence-corrected chi connectivity index (χ1v) is 3.90. The van der Waals surface area contributed by atoms with E-state index in [0.29, 0.717) is 13.1 Å². The van der Waals surface area contributed by atoms with Crippen molar-refractivity contribution in [3.63, 3.8) is 0 Å². The molecule has 1 heterocycles. The lowest BCUT2D eigenvalue weighted by molar-refractivity contribution is 0.370. The Morgan fingerprint density at radius 2 is 2.22 bits per heavy atom. The van der Waals surface area contributed by atoms with Gasteiger partial charge in [0, 0.05) is 13.1 Å². The first-order chi connectivity index (χ1) is 4.11. The lowest BCUT2D eigenvalue weighted by Crippen LogP contribution is -2.44. The third-order valence-corrected chi connectivity index (χ3v) is 1.84. The molecule has 1 rings (SSSR count). The normalized spacial score (nSPS) is 22.8. The number of hydrogen-bond donors (Lipinski definition) is 3. The number of nitrogens with two attached hydrogens (primary N) is 1. The second-order valence-electron chi connectivity index (χ2n) is 1.66. The second kappa shape index (κ2) is 2.20. The third-order valence-electron chi connectivity index (χ3n) is 0.951. The molecule has 0 spiro atoms. The van der Waals surface area contributed by atoms with Crippen molar-refractivity contribution in [2.45, 2.75) is 0 Å². The maximum atomic E-state index is 10.4. The predicted molar refractivity (Wildman–Crippen MR) is 31.0 cm³/mol. The van der Waals surface area contributed by atoms with Crippen LogP contribution in [0.5, 0.6) is 0 Å². The molecular formula is C2H8N4O2S. The van der Waals surface area contributed by atoms with E-state index in [2.05, 4.69) is 11.0 Å².